The molecule has 0 aliphatic rings. The highest BCUT2D eigenvalue weighted by Crippen LogP contribution is 2.00. The summed E-state index contributed by atoms with van der Waals surface area (Å²) < 4.78 is 4.37. The van der Waals surface area contributed by atoms with E-state index in [0.717, 1.165) is 0 Å². The van der Waals surface area contributed by atoms with Gasteiger partial charge in [0.15, 0.2) is 0 Å². The van der Waals surface area contributed by atoms with Crippen LogP contribution in [0.3, 0.4) is 0 Å². The van der Waals surface area contributed by atoms with Crippen molar-refractivity contribution in [1.82, 2.24) is 0 Å². The Balaban J connectivity index is 3.52. The molecule has 4 heteroatoms. The van der Waals surface area contributed by atoms with Crippen LogP contribution in [0, 0.1) is 0 Å². The van der Waals surface area contributed by atoms with Gasteiger partial charge in [0.25, 0.3) is 0 Å². The number of ether oxygens (including phenoxy) is 1. The molecule has 0 atom stereocenters. The molecule has 0 aliphatic carbocycles. The van der Waals surface area contributed by atoms with Gasteiger partial charge in [-0.25, -0.2) is 0 Å². The largest absolute Gasteiger partial charge is 0.469 e. The van der Waals surface area contributed by atoms with Crippen molar-refractivity contribution < 1.29 is 19.1 Å². The summed E-state index contributed by atoms with van der Waals surface area (Å²) in [6.45, 7) is 1.44. The molecule has 0 aliphatic heterocycles. The van der Waals surface area contributed by atoms with Gasteiger partial charge in [0.2, 0.25) is 0 Å². The van der Waals surface area contributed by atoms with Gasteiger partial charge in [-0.1, -0.05) is 0 Å². The zero-order chi connectivity index (χ0) is 10.3. The van der Waals surface area contributed by atoms with Crippen LogP contribution in [0.25, 0.3) is 0 Å². The summed E-state index contributed by atoms with van der Waals surface area (Å²) in [5, 5.41) is 0. The predicted molar refractivity (Wildman–Crippen MR) is 46.2 cm³/mol. The lowest BCUT2D eigenvalue weighted by Crippen LogP contribution is -2.06. The third-order valence-electron chi connectivity index (χ3n) is 1.59. The molecule has 0 aromatic heterocycles. The fourth-order valence-corrected chi connectivity index (χ4v) is 0.784. The molecule has 0 rings (SSSR count). The van der Waals surface area contributed by atoms with Gasteiger partial charge in [0.05, 0.1) is 13.5 Å². The number of hydrogen-bond acceptors (Lipinski definition) is 4. The van der Waals surface area contributed by atoms with Gasteiger partial charge >= 0.3 is 5.97 Å². The number of ketones is 2. The maximum Gasteiger partial charge on any atom is 0.305 e. The molecule has 0 heterocycles. The molecule has 0 aromatic carbocycles. The number of hydrogen-bond donors (Lipinski definition) is 0. The van der Waals surface area contributed by atoms with E-state index in [9.17, 15) is 14.4 Å². The SMILES string of the molecule is COC(=O)CCC(=O)CCC(C)=O. The van der Waals surface area contributed by atoms with Crippen LogP contribution in [0.1, 0.15) is 32.6 Å². The maximum atomic E-state index is 11.0. The minimum Gasteiger partial charge on any atom is -0.469 e. The number of carbonyl (C=O) groups excluding carboxylic acids is 3. The molecule has 74 valence electrons. The van der Waals surface area contributed by atoms with Crippen molar-refractivity contribution in [1.29, 1.82) is 0 Å². The van der Waals surface area contributed by atoms with E-state index >= 15 is 0 Å². The summed E-state index contributed by atoms with van der Waals surface area (Å²) in [5.74, 6) is -0.469. The molecule has 0 spiro atoms. The average molecular weight is 186 g/mol. The van der Waals surface area contributed by atoms with Gasteiger partial charge < -0.3 is 9.53 Å². The van der Waals surface area contributed by atoms with Crippen molar-refractivity contribution in [3.63, 3.8) is 0 Å². The van der Waals surface area contributed by atoms with E-state index in [1.165, 1.54) is 14.0 Å². The monoisotopic (exact) mass is 186 g/mol. The van der Waals surface area contributed by atoms with Gasteiger partial charge in [0.1, 0.15) is 11.6 Å². The molecular formula is C9H14O4. The molecule has 0 bridgehead atoms. The Labute approximate surface area is 77.3 Å². The first kappa shape index (κ1) is 11.8. The van der Waals surface area contributed by atoms with Crippen LogP contribution in [0.5, 0.6) is 0 Å². The lowest BCUT2D eigenvalue weighted by molar-refractivity contribution is -0.141. The maximum absolute atomic E-state index is 11.0. The van der Waals surface area contributed by atoms with Gasteiger partial charge in [0, 0.05) is 19.3 Å². The van der Waals surface area contributed by atoms with E-state index in [1.807, 2.05) is 0 Å². The quantitative estimate of drug-likeness (QED) is 0.578. The zero-order valence-electron chi connectivity index (χ0n) is 7.96. The normalized spacial score (nSPS) is 9.38. The number of carbonyl (C=O) groups is 3. The van der Waals surface area contributed by atoms with E-state index in [4.69, 9.17) is 0 Å². The lowest BCUT2D eigenvalue weighted by Gasteiger charge is -1.98. The van der Waals surface area contributed by atoms with Crippen molar-refractivity contribution in [2.45, 2.75) is 32.6 Å². The van der Waals surface area contributed by atoms with Crippen LogP contribution in [-0.2, 0) is 19.1 Å². The zero-order valence-corrected chi connectivity index (χ0v) is 7.96. The van der Waals surface area contributed by atoms with Crippen LogP contribution in [0.15, 0.2) is 0 Å². The summed E-state index contributed by atoms with van der Waals surface area (Å²) in [5.41, 5.74) is 0. The Morgan fingerprint density at radius 3 is 2.00 bits per heavy atom. The second kappa shape index (κ2) is 6.34. The van der Waals surface area contributed by atoms with Crippen molar-refractivity contribution in [3.05, 3.63) is 0 Å². The summed E-state index contributed by atoms with van der Waals surface area (Å²) in [6.07, 6.45) is 0.763. The number of Topliss-reactive ketones (excluding diaryl/α,β-unsaturated/α-hetero) is 2. The summed E-state index contributed by atoms with van der Waals surface area (Å²) >= 11 is 0. The Morgan fingerprint density at radius 1 is 1.00 bits per heavy atom. The van der Waals surface area contributed by atoms with Crippen molar-refractivity contribution in [2.24, 2.45) is 0 Å². The lowest BCUT2D eigenvalue weighted by atomic mass is 10.1. The minimum atomic E-state index is -0.392. The molecule has 4 nitrogen and oxygen atoms in total. The molecule has 0 saturated heterocycles. The fourth-order valence-electron chi connectivity index (χ4n) is 0.784. The Bertz CT molecular complexity index is 208. The van der Waals surface area contributed by atoms with E-state index in [-0.39, 0.29) is 37.2 Å². The molecule has 0 aromatic rings. The first-order valence-corrected chi connectivity index (χ1v) is 4.14. The minimum absolute atomic E-state index is 0.00795. The topological polar surface area (TPSA) is 60.4 Å². The van der Waals surface area contributed by atoms with Crippen LogP contribution in [-0.4, -0.2) is 24.6 Å². The van der Waals surface area contributed by atoms with Crippen LogP contribution in [0.2, 0.25) is 0 Å². The molecule has 0 fully saturated rings. The second-order valence-electron chi connectivity index (χ2n) is 2.82. The second-order valence-corrected chi connectivity index (χ2v) is 2.82. The number of rotatable bonds is 6. The van der Waals surface area contributed by atoms with Crippen molar-refractivity contribution in [3.8, 4) is 0 Å². The number of methoxy groups -OCH3 is 1. The Morgan fingerprint density at radius 2 is 1.54 bits per heavy atom. The highest BCUT2D eigenvalue weighted by molar-refractivity contribution is 5.86. The van der Waals surface area contributed by atoms with Crippen LogP contribution in [0.4, 0.5) is 0 Å². The van der Waals surface area contributed by atoms with Crippen LogP contribution >= 0.6 is 0 Å². The Hall–Kier alpha value is -1.19. The van der Waals surface area contributed by atoms with Crippen molar-refractivity contribution in [2.75, 3.05) is 7.11 Å². The highest BCUT2D eigenvalue weighted by atomic mass is 16.5. The standard InChI is InChI=1S/C9H14O4/c1-7(10)3-4-8(11)5-6-9(12)13-2/h3-6H2,1-2H3. The molecule has 0 unspecified atom stereocenters. The molecule has 0 amide bonds. The number of esters is 1. The van der Waals surface area contributed by atoms with E-state index in [1.54, 1.807) is 0 Å². The summed E-state index contributed by atoms with van der Waals surface area (Å²) in [4.78, 5) is 32.1. The first-order chi connectivity index (χ1) is 6.06. The van der Waals surface area contributed by atoms with E-state index < -0.39 is 5.97 Å². The van der Waals surface area contributed by atoms with Gasteiger partial charge in [-0.3, -0.25) is 9.59 Å². The van der Waals surface area contributed by atoms with Crippen LogP contribution < -0.4 is 0 Å². The molecule has 13 heavy (non-hydrogen) atoms. The summed E-state index contributed by atoms with van der Waals surface area (Å²) in [6, 6.07) is 0. The molecule has 0 N–H and O–H groups in total. The first-order valence-electron chi connectivity index (χ1n) is 4.14. The van der Waals surface area contributed by atoms with E-state index in [2.05, 4.69) is 4.74 Å². The third-order valence-corrected chi connectivity index (χ3v) is 1.59. The molecule has 0 radical (unpaired) electrons. The van der Waals surface area contributed by atoms with Gasteiger partial charge in [-0.15, -0.1) is 0 Å². The fraction of sp³-hybridized carbons (Fsp3) is 0.667. The average Bonchev–Trinajstić information content (AvgIpc) is 2.10. The van der Waals surface area contributed by atoms with Crippen molar-refractivity contribution >= 4 is 17.5 Å². The highest BCUT2D eigenvalue weighted by Gasteiger charge is 2.07. The van der Waals surface area contributed by atoms with E-state index in [0.29, 0.717) is 0 Å². The Kier molecular flexibility index (Phi) is 5.76. The van der Waals surface area contributed by atoms with Gasteiger partial charge in [-0.2, -0.15) is 0 Å². The third kappa shape index (κ3) is 7.18. The molecule has 0 saturated carbocycles. The smallest absolute Gasteiger partial charge is 0.305 e. The molecular weight excluding hydrogens is 172 g/mol. The summed E-state index contributed by atoms with van der Waals surface area (Å²) in [7, 11) is 1.28. The predicted octanol–water partition coefficient (Wildman–Crippen LogP) is 0.878. The van der Waals surface area contributed by atoms with Gasteiger partial charge in [-0.05, 0) is 6.92 Å².